The number of aromatic nitrogens is 4. The number of fused-ring (bicyclic) bond motifs is 12. The average molecular weight is 687 g/mol. The quantitative estimate of drug-likeness (QED) is 0.185. The molecular formula is C50H30N4. The van der Waals surface area contributed by atoms with Gasteiger partial charge < -0.3 is 4.57 Å². The van der Waals surface area contributed by atoms with Crippen LogP contribution in [-0.2, 0) is 0 Å². The van der Waals surface area contributed by atoms with Crippen LogP contribution in [0.4, 0.5) is 0 Å². The molecule has 0 fully saturated rings. The van der Waals surface area contributed by atoms with Crippen LogP contribution in [-0.4, -0.2) is 19.1 Å². The first-order valence-electron chi connectivity index (χ1n) is 18.4. The highest BCUT2D eigenvalue weighted by atomic mass is 15.1. The van der Waals surface area contributed by atoms with Gasteiger partial charge >= 0.3 is 0 Å². The van der Waals surface area contributed by atoms with Crippen molar-refractivity contribution in [2.75, 3.05) is 0 Å². The fourth-order valence-corrected chi connectivity index (χ4v) is 8.90. The Bertz CT molecular complexity index is 3510. The normalized spacial score (nSPS) is 12.1. The largest absolute Gasteiger partial charge is 0.309 e. The monoisotopic (exact) mass is 686 g/mol. The van der Waals surface area contributed by atoms with Crippen molar-refractivity contribution in [3.8, 4) is 22.8 Å². The maximum absolute atomic E-state index is 5.51. The summed E-state index contributed by atoms with van der Waals surface area (Å²) in [6.45, 7) is 0. The van der Waals surface area contributed by atoms with E-state index in [1.807, 2.05) is 12.1 Å². The second kappa shape index (κ2) is 11.1. The molecule has 0 spiro atoms. The molecule has 12 aromatic rings. The first-order valence-corrected chi connectivity index (χ1v) is 18.4. The van der Waals surface area contributed by atoms with Crippen LogP contribution in [0.5, 0.6) is 0 Å². The summed E-state index contributed by atoms with van der Waals surface area (Å²) in [4.78, 5) is 10.9. The third-order valence-corrected chi connectivity index (χ3v) is 11.3. The van der Waals surface area contributed by atoms with E-state index in [4.69, 9.17) is 9.97 Å². The molecule has 0 N–H and O–H groups in total. The van der Waals surface area contributed by atoms with Crippen molar-refractivity contribution in [2.24, 2.45) is 0 Å². The smallest absolute Gasteiger partial charge is 0.165 e. The predicted molar refractivity (Wildman–Crippen MR) is 226 cm³/mol. The molecule has 3 aromatic heterocycles. The van der Waals surface area contributed by atoms with Gasteiger partial charge in [0.25, 0.3) is 0 Å². The van der Waals surface area contributed by atoms with Crippen molar-refractivity contribution in [3.05, 3.63) is 182 Å². The Morgan fingerprint density at radius 3 is 1.80 bits per heavy atom. The first-order chi connectivity index (χ1) is 26.8. The van der Waals surface area contributed by atoms with Gasteiger partial charge in [-0.05, 0) is 63.3 Å². The van der Waals surface area contributed by atoms with Crippen LogP contribution in [0, 0.1) is 0 Å². The maximum atomic E-state index is 5.51. The van der Waals surface area contributed by atoms with E-state index in [1.165, 1.54) is 59.5 Å². The molecular weight excluding hydrogens is 657 g/mol. The van der Waals surface area contributed by atoms with Gasteiger partial charge in [0.05, 0.1) is 33.1 Å². The lowest BCUT2D eigenvalue weighted by molar-refractivity contribution is 1.08. The highest BCUT2D eigenvalue weighted by molar-refractivity contribution is 6.23. The number of rotatable bonds is 3. The fourth-order valence-electron chi connectivity index (χ4n) is 8.90. The van der Waals surface area contributed by atoms with Crippen molar-refractivity contribution in [1.29, 1.82) is 0 Å². The molecule has 0 radical (unpaired) electrons. The molecule has 0 aliphatic heterocycles. The molecule has 0 amide bonds. The minimum Gasteiger partial charge on any atom is -0.309 e. The van der Waals surface area contributed by atoms with E-state index in [0.717, 1.165) is 50.2 Å². The highest BCUT2D eigenvalue weighted by Crippen LogP contribution is 2.42. The van der Waals surface area contributed by atoms with Crippen LogP contribution >= 0.6 is 0 Å². The second-order valence-electron chi connectivity index (χ2n) is 14.2. The molecule has 4 nitrogen and oxygen atoms in total. The van der Waals surface area contributed by atoms with E-state index < -0.39 is 0 Å². The lowest BCUT2D eigenvalue weighted by atomic mass is 10.0. The van der Waals surface area contributed by atoms with Crippen LogP contribution in [0.25, 0.3) is 110 Å². The molecule has 0 unspecified atom stereocenters. The molecule has 9 aromatic carbocycles. The van der Waals surface area contributed by atoms with E-state index in [9.17, 15) is 0 Å². The summed E-state index contributed by atoms with van der Waals surface area (Å²) in [5, 5.41) is 12.1. The van der Waals surface area contributed by atoms with Gasteiger partial charge in [0.15, 0.2) is 5.82 Å². The number of hydrogen-bond donors (Lipinski definition) is 0. The Morgan fingerprint density at radius 1 is 0.352 bits per heavy atom. The Kier molecular flexibility index (Phi) is 6.02. The van der Waals surface area contributed by atoms with Gasteiger partial charge in [-0.3, -0.25) is 4.57 Å². The van der Waals surface area contributed by atoms with E-state index >= 15 is 0 Å². The van der Waals surface area contributed by atoms with Crippen molar-refractivity contribution in [1.82, 2.24) is 19.1 Å². The van der Waals surface area contributed by atoms with Gasteiger partial charge in [0.1, 0.15) is 5.69 Å². The summed E-state index contributed by atoms with van der Waals surface area (Å²) in [6.07, 6.45) is 0. The third kappa shape index (κ3) is 4.08. The molecule has 0 bridgehead atoms. The molecule has 3 heterocycles. The number of hydrogen-bond acceptors (Lipinski definition) is 2. The van der Waals surface area contributed by atoms with Crippen LogP contribution in [0.3, 0.4) is 0 Å². The van der Waals surface area contributed by atoms with Crippen LogP contribution in [0.2, 0.25) is 0 Å². The summed E-state index contributed by atoms with van der Waals surface area (Å²) in [5.74, 6) is 0.810. The van der Waals surface area contributed by atoms with E-state index in [1.54, 1.807) is 0 Å². The zero-order valence-corrected chi connectivity index (χ0v) is 29.1. The molecule has 0 aliphatic rings. The maximum Gasteiger partial charge on any atom is 0.165 e. The Morgan fingerprint density at radius 2 is 0.963 bits per heavy atom. The predicted octanol–water partition coefficient (Wildman–Crippen LogP) is 13.0. The Hall–Kier alpha value is -7.30. The lowest BCUT2D eigenvalue weighted by Crippen LogP contribution is -2.04. The molecule has 250 valence electrons. The van der Waals surface area contributed by atoms with Crippen molar-refractivity contribution < 1.29 is 0 Å². The third-order valence-electron chi connectivity index (χ3n) is 11.3. The first kappa shape index (κ1) is 29.3. The molecule has 12 rings (SSSR count). The van der Waals surface area contributed by atoms with Crippen molar-refractivity contribution in [2.45, 2.75) is 0 Å². The van der Waals surface area contributed by atoms with Gasteiger partial charge in [-0.2, -0.15) is 0 Å². The van der Waals surface area contributed by atoms with Crippen molar-refractivity contribution in [3.63, 3.8) is 0 Å². The van der Waals surface area contributed by atoms with Crippen LogP contribution in [0.1, 0.15) is 0 Å². The summed E-state index contributed by atoms with van der Waals surface area (Å²) < 4.78 is 4.81. The molecule has 0 saturated carbocycles. The topological polar surface area (TPSA) is 35.6 Å². The van der Waals surface area contributed by atoms with Gasteiger partial charge in [0, 0.05) is 38.2 Å². The number of para-hydroxylation sites is 3. The summed E-state index contributed by atoms with van der Waals surface area (Å²) >= 11 is 0. The van der Waals surface area contributed by atoms with Crippen LogP contribution in [0.15, 0.2) is 182 Å². The molecule has 4 heteroatoms. The van der Waals surface area contributed by atoms with E-state index in [0.29, 0.717) is 0 Å². The van der Waals surface area contributed by atoms with Gasteiger partial charge in [-0.25, -0.2) is 9.97 Å². The average Bonchev–Trinajstić information content (AvgIpc) is 3.76. The molecule has 0 atom stereocenters. The number of nitrogens with zero attached hydrogens (tertiary/aromatic N) is 4. The minimum atomic E-state index is 0.810. The van der Waals surface area contributed by atoms with E-state index in [-0.39, 0.29) is 0 Å². The Labute approximate surface area is 309 Å². The van der Waals surface area contributed by atoms with E-state index in [2.05, 4.69) is 179 Å². The summed E-state index contributed by atoms with van der Waals surface area (Å²) in [6, 6.07) is 65.4. The summed E-state index contributed by atoms with van der Waals surface area (Å²) in [5.41, 5.74) is 9.30. The second-order valence-corrected chi connectivity index (χ2v) is 14.2. The molecule has 0 aliphatic carbocycles. The molecule has 54 heavy (non-hydrogen) atoms. The van der Waals surface area contributed by atoms with Gasteiger partial charge in [0.2, 0.25) is 0 Å². The summed E-state index contributed by atoms with van der Waals surface area (Å²) in [7, 11) is 0. The lowest BCUT2D eigenvalue weighted by Gasteiger charge is -2.16. The molecule has 0 saturated heterocycles. The van der Waals surface area contributed by atoms with Crippen molar-refractivity contribution >= 4 is 87.0 Å². The number of benzene rings is 9. The SMILES string of the molecule is c1ccc2c(-c3nc4ccccc4nc3-n3c4cc(-n5c6ccccc6c6ccc7ccccc7c65)ccc4c4c5ccccc5ccc43)cccc2c1. The van der Waals surface area contributed by atoms with Crippen LogP contribution < -0.4 is 0 Å². The standard InChI is InChI=1S/C50H30N4/c1-4-16-35-31(12-1)15-11-20-39(35)48-50(52-43-22-9-8-21-42(43)51-48)54-45-29-25-32-13-2-5-17-36(32)47(45)41-28-26-34(30-46(41)54)53-44-23-10-7-19-38(44)40-27-24-33-14-3-6-18-37(33)49(40)53/h1-30H. The zero-order valence-electron chi connectivity index (χ0n) is 29.1. The fraction of sp³-hybridized carbons (Fsp3) is 0. The zero-order chi connectivity index (χ0) is 35.3. The van der Waals surface area contributed by atoms with Gasteiger partial charge in [-0.1, -0.05) is 146 Å². The van der Waals surface area contributed by atoms with Gasteiger partial charge in [-0.15, -0.1) is 0 Å². The minimum absolute atomic E-state index is 0.810. The highest BCUT2D eigenvalue weighted by Gasteiger charge is 2.23. The Balaban J connectivity index is 1.26.